The normalized spacial score (nSPS) is 10.9. The number of benzene rings is 2. The molecule has 0 fully saturated rings. The molecule has 1 aromatic heterocycles. The Balaban J connectivity index is 2.03. The number of aromatic nitrogens is 1. The van der Waals surface area contributed by atoms with Crippen LogP contribution in [0.3, 0.4) is 0 Å². The zero-order valence-electron chi connectivity index (χ0n) is 10.9. The number of hydrogen-bond acceptors (Lipinski definition) is 4. The highest BCUT2D eigenvalue weighted by molar-refractivity contribution is 9.10. The third-order valence-electron chi connectivity index (χ3n) is 2.90. The van der Waals surface area contributed by atoms with Gasteiger partial charge >= 0.3 is 0 Å². The van der Waals surface area contributed by atoms with Crippen molar-refractivity contribution in [3.8, 4) is 17.2 Å². The Morgan fingerprint density at radius 1 is 1.25 bits per heavy atom. The number of oxazole rings is 1. The summed E-state index contributed by atoms with van der Waals surface area (Å²) in [5.74, 6) is 1.38. The van der Waals surface area contributed by atoms with E-state index in [1.165, 1.54) is 0 Å². The fourth-order valence-electron chi connectivity index (χ4n) is 2.01. The summed E-state index contributed by atoms with van der Waals surface area (Å²) in [6.07, 6.45) is 0. The fraction of sp³-hybridized carbons (Fsp3) is 0.133. The van der Waals surface area contributed by atoms with Crippen LogP contribution >= 0.6 is 15.9 Å². The Kier molecular flexibility index (Phi) is 3.36. The summed E-state index contributed by atoms with van der Waals surface area (Å²) in [5.41, 5.74) is 8.73. The first-order chi connectivity index (χ1) is 9.67. The minimum absolute atomic E-state index is 0.549. The summed E-state index contributed by atoms with van der Waals surface area (Å²) in [7, 11) is 0. The van der Waals surface area contributed by atoms with Gasteiger partial charge in [-0.25, -0.2) is 4.98 Å². The van der Waals surface area contributed by atoms with Crippen molar-refractivity contribution in [2.45, 2.75) is 6.92 Å². The van der Waals surface area contributed by atoms with Crippen LogP contribution in [0, 0.1) is 0 Å². The smallest absolute Gasteiger partial charge is 0.227 e. The van der Waals surface area contributed by atoms with Crippen LogP contribution < -0.4 is 10.5 Å². The van der Waals surface area contributed by atoms with Crippen molar-refractivity contribution in [3.63, 3.8) is 0 Å². The molecule has 0 unspecified atom stereocenters. The van der Waals surface area contributed by atoms with Crippen molar-refractivity contribution in [1.29, 1.82) is 0 Å². The monoisotopic (exact) mass is 332 g/mol. The molecule has 0 aliphatic heterocycles. The highest BCUT2D eigenvalue weighted by Gasteiger charge is 2.11. The topological polar surface area (TPSA) is 61.3 Å². The zero-order chi connectivity index (χ0) is 14.1. The van der Waals surface area contributed by atoms with Gasteiger partial charge in [-0.3, -0.25) is 0 Å². The van der Waals surface area contributed by atoms with Crippen LogP contribution in [0.2, 0.25) is 0 Å². The van der Waals surface area contributed by atoms with Crippen LogP contribution in [0.25, 0.3) is 22.6 Å². The Morgan fingerprint density at radius 2 is 2.00 bits per heavy atom. The van der Waals surface area contributed by atoms with Gasteiger partial charge in [0.2, 0.25) is 5.89 Å². The van der Waals surface area contributed by atoms with E-state index >= 15 is 0 Å². The Labute approximate surface area is 124 Å². The SMILES string of the molecule is CCOc1ccc(-c2nc3cc(Br)cc(N)c3o2)cc1. The molecular formula is C15H13BrN2O2. The lowest BCUT2D eigenvalue weighted by atomic mass is 10.2. The van der Waals surface area contributed by atoms with Crippen LogP contribution in [0.15, 0.2) is 45.3 Å². The van der Waals surface area contributed by atoms with E-state index in [0.717, 1.165) is 21.3 Å². The van der Waals surface area contributed by atoms with Crippen molar-refractivity contribution >= 4 is 32.7 Å². The number of nitrogen functional groups attached to an aromatic ring is 1. The number of ether oxygens (including phenoxy) is 1. The number of nitrogens with zero attached hydrogens (tertiary/aromatic N) is 1. The lowest BCUT2D eigenvalue weighted by Gasteiger charge is -2.02. The van der Waals surface area contributed by atoms with Crippen LogP contribution in [0.1, 0.15) is 6.92 Å². The molecule has 0 saturated carbocycles. The van der Waals surface area contributed by atoms with Gasteiger partial charge in [-0.2, -0.15) is 0 Å². The molecule has 2 aromatic carbocycles. The second kappa shape index (κ2) is 5.17. The summed E-state index contributed by atoms with van der Waals surface area (Å²) in [6.45, 7) is 2.60. The first kappa shape index (κ1) is 13.0. The van der Waals surface area contributed by atoms with E-state index in [1.807, 2.05) is 37.3 Å². The Morgan fingerprint density at radius 3 is 2.70 bits per heavy atom. The van der Waals surface area contributed by atoms with E-state index in [-0.39, 0.29) is 0 Å². The molecule has 0 aliphatic rings. The molecule has 4 nitrogen and oxygen atoms in total. The van der Waals surface area contributed by atoms with Gasteiger partial charge in [0, 0.05) is 10.0 Å². The quantitative estimate of drug-likeness (QED) is 0.729. The van der Waals surface area contributed by atoms with E-state index in [0.29, 0.717) is 23.8 Å². The average molecular weight is 333 g/mol. The van der Waals surface area contributed by atoms with Crippen molar-refractivity contribution in [2.24, 2.45) is 0 Å². The first-order valence-corrected chi connectivity index (χ1v) is 7.05. The van der Waals surface area contributed by atoms with Gasteiger partial charge in [-0.15, -0.1) is 0 Å². The lowest BCUT2D eigenvalue weighted by molar-refractivity contribution is 0.340. The van der Waals surface area contributed by atoms with Gasteiger partial charge in [-0.1, -0.05) is 15.9 Å². The van der Waals surface area contributed by atoms with E-state index in [4.69, 9.17) is 14.9 Å². The first-order valence-electron chi connectivity index (χ1n) is 6.26. The van der Waals surface area contributed by atoms with Gasteiger partial charge < -0.3 is 14.9 Å². The maximum atomic E-state index is 5.93. The maximum absolute atomic E-state index is 5.93. The second-order valence-corrected chi connectivity index (χ2v) is 5.24. The van der Waals surface area contributed by atoms with Gasteiger partial charge in [0.15, 0.2) is 5.58 Å². The molecule has 0 aliphatic carbocycles. The Bertz CT molecular complexity index is 750. The van der Waals surface area contributed by atoms with Crippen molar-refractivity contribution in [1.82, 2.24) is 4.98 Å². The lowest BCUT2D eigenvalue weighted by Crippen LogP contribution is -1.90. The molecule has 3 aromatic rings. The third kappa shape index (κ3) is 2.36. The summed E-state index contributed by atoms with van der Waals surface area (Å²) in [4.78, 5) is 4.46. The highest BCUT2D eigenvalue weighted by Crippen LogP contribution is 2.31. The molecule has 1 heterocycles. The molecule has 3 rings (SSSR count). The number of fused-ring (bicyclic) bond motifs is 1. The average Bonchev–Trinajstić information content (AvgIpc) is 2.84. The molecule has 20 heavy (non-hydrogen) atoms. The van der Waals surface area contributed by atoms with E-state index in [9.17, 15) is 0 Å². The van der Waals surface area contributed by atoms with Gasteiger partial charge in [0.05, 0.1) is 12.3 Å². The summed E-state index contributed by atoms with van der Waals surface area (Å²) in [5, 5.41) is 0. The molecule has 0 radical (unpaired) electrons. The van der Waals surface area contributed by atoms with Crippen molar-refractivity contribution < 1.29 is 9.15 Å². The van der Waals surface area contributed by atoms with E-state index in [2.05, 4.69) is 20.9 Å². The largest absolute Gasteiger partial charge is 0.494 e. The predicted octanol–water partition coefficient (Wildman–Crippen LogP) is 4.24. The maximum Gasteiger partial charge on any atom is 0.227 e. The molecule has 0 amide bonds. The van der Waals surface area contributed by atoms with Crippen molar-refractivity contribution in [2.75, 3.05) is 12.3 Å². The molecular weight excluding hydrogens is 320 g/mol. The number of anilines is 1. The molecule has 2 N–H and O–H groups in total. The van der Waals surface area contributed by atoms with E-state index < -0.39 is 0 Å². The fourth-order valence-corrected chi connectivity index (χ4v) is 2.47. The molecule has 0 bridgehead atoms. The molecule has 0 saturated heterocycles. The highest BCUT2D eigenvalue weighted by atomic mass is 79.9. The summed E-state index contributed by atoms with van der Waals surface area (Å²) >= 11 is 3.40. The van der Waals surface area contributed by atoms with Crippen LogP contribution in [-0.4, -0.2) is 11.6 Å². The number of hydrogen-bond donors (Lipinski definition) is 1. The Hall–Kier alpha value is -2.01. The predicted molar refractivity (Wildman–Crippen MR) is 82.7 cm³/mol. The minimum atomic E-state index is 0.549. The number of rotatable bonds is 3. The van der Waals surface area contributed by atoms with Crippen LogP contribution in [-0.2, 0) is 0 Å². The minimum Gasteiger partial charge on any atom is -0.494 e. The number of nitrogens with two attached hydrogens (primary N) is 1. The standard InChI is InChI=1S/C15H13BrN2O2/c1-2-19-11-5-3-9(4-6-11)15-18-13-8-10(16)7-12(17)14(13)20-15/h3-8H,2,17H2,1H3. The van der Waals surface area contributed by atoms with Gasteiger partial charge in [-0.05, 0) is 43.3 Å². The summed E-state index contributed by atoms with van der Waals surface area (Å²) < 4.78 is 12.0. The molecule has 0 atom stereocenters. The van der Waals surface area contributed by atoms with Gasteiger partial charge in [0.1, 0.15) is 11.3 Å². The number of halogens is 1. The van der Waals surface area contributed by atoms with Crippen LogP contribution in [0.5, 0.6) is 5.75 Å². The molecule has 0 spiro atoms. The second-order valence-electron chi connectivity index (χ2n) is 4.32. The third-order valence-corrected chi connectivity index (χ3v) is 3.35. The van der Waals surface area contributed by atoms with Crippen molar-refractivity contribution in [3.05, 3.63) is 40.9 Å². The van der Waals surface area contributed by atoms with E-state index in [1.54, 1.807) is 6.07 Å². The molecule has 102 valence electrons. The zero-order valence-corrected chi connectivity index (χ0v) is 12.5. The summed E-state index contributed by atoms with van der Waals surface area (Å²) in [6, 6.07) is 11.3. The van der Waals surface area contributed by atoms with Gasteiger partial charge in [0.25, 0.3) is 0 Å². The van der Waals surface area contributed by atoms with Crippen LogP contribution in [0.4, 0.5) is 5.69 Å². The molecule has 5 heteroatoms.